The van der Waals surface area contributed by atoms with Crippen LogP contribution in [0, 0.1) is 0 Å². The number of ether oxygens (including phenoxy) is 1. The molecule has 0 bridgehead atoms. The van der Waals surface area contributed by atoms with Gasteiger partial charge >= 0.3 is 0 Å². The van der Waals surface area contributed by atoms with E-state index in [1.807, 2.05) is 11.0 Å². The molecule has 0 aliphatic rings. The van der Waals surface area contributed by atoms with E-state index in [-0.39, 0.29) is 0 Å². The molecule has 2 aromatic heterocycles. The van der Waals surface area contributed by atoms with Crippen LogP contribution in [0.3, 0.4) is 0 Å². The quantitative estimate of drug-likeness (QED) is 0.519. The minimum atomic E-state index is -0.561. The van der Waals surface area contributed by atoms with Gasteiger partial charge < -0.3 is 9.64 Å². The molecule has 0 aliphatic heterocycles. The van der Waals surface area contributed by atoms with Crippen molar-refractivity contribution < 1.29 is 14.7 Å². The smallest absolute Gasteiger partial charge is 0.274 e. The summed E-state index contributed by atoms with van der Waals surface area (Å²) in [7, 11) is 1.58. The summed E-state index contributed by atoms with van der Waals surface area (Å²) in [5, 5.41) is 8.71. The highest BCUT2D eigenvalue weighted by molar-refractivity contribution is 5.93. The molecule has 8 nitrogen and oxygen atoms in total. The number of methoxy groups -OCH3 is 1. The van der Waals surface area contributed by atoms with E-state index in [1.165, 1.54) is 0 Å². The summed E-state index contributed by atoms with van der Waals surface area (Å²) in [4.78, 5) is 26.2. The summed E-state index contributed by atoms with van der Waals surface area (Å²) in [6.07, 6.45) is 6.52. The fourth-order valence-electron chi connectivity index (χ4n) is 2.45. The molecular formula is C18H17N5O3. The lowest BCUT2D eigenvalue weighted by Crippen LogP contribution is -2.20. The Kier molecular flexibility index (Phi) is 5.35. The molecule has 2 N–H and O–H groups in total. The average molecular weight is 351 g/mol. The number of nitrogens with one attached hydrogen (secondary N) is 1. The second-order valence-electron chi connectivity index (χ2n) is 5.32. The lowest BCUT2D eigenvalue weighted by Gasteiger charge is -2.24. The van der Waals surface area contributed by atoms with Gasteiger partial charge in [-0.05, 0) is 29.8 Å². The molecule has 0 spiro atoms. The molecule has 0 atom stereocenters. The summed E-state index contributed by atoms with van der Waals surface area (Å²) in [6, 6.07) is 10.5. The van der Waals surface area contributed by atoms with E-state index in [0.29, 0.717) is 29.5 Å². The van der Waals surface area contributed by atoms with Gasteiger partial charge in [-0.15, -0.1) is 0 Å². The topological polar surface area (TPSA) is 100 Å². The van der Waals surface area contributed by atoms with Crippen molar-refractivity contribution in [3.8, 4) is 5.75 Å². The maximum Gasteiger partial charge on any atom is 0.274 e. The number of rotatable bonds is 6. The third kappa shape index (κ3) is 3.76. The van der Waals surface area contributed by atoms with Crippen molar-refractivity contribution in [2.45, 2.75) is 6.54 Å². The zero-order valence-corrected chi connectivity index (χ0v) is 14.0. The fourth-order valence-corrected chi connectivity index (χ4v) is 2.45. The standard InChI is InChI=1S/C18H17N5O3/c1-26-15-3-2-8-21-17(15)23(16-11-19-9-10-20-16)12-13-4-6-14(7-5-13)18(24)22-25/h2-11,25H,12H2,1H3,(H,22,24). The number of pyridine rings is 1. The number of carbonyl (C=O) groups excluding carboxylic acids is 1. The lowest BCUT2D eigenvalue weighted by molar-refractivity contribution is 0.0706. The van der Waals surface area contributed by atoms with Crippen molar-refractivity contribution >= 4 is 17.5 Å². The summed E-state index contributed by atoms with van der Waals surface area (Å²) >= 11 is 0. The van der Waals surface area contributed by atoms with E-state index in [0.717, 1.165) is 5.56 Å². The van der Waals surface area contributed by atoms with Crippen molar-refractivity contribution in [1.29, 1.82) is 0 Å². The van der Waals surface area contributed by atoms with Gasteiger partial charge in [-0.1, -0.05) is 12.1 Å². The van der Waals surface area contributed by atoms with E-state index in [1.54, 1.807) is 67.7 Å². The fraction of sp³-hybridized carbons (Fsp3) is 0.111. The van der Waals surface area contributed by atoms with E-state index in [9.17, 15) is 4.79 Å². The van der Waals surface area contributed by atoms with Gasteiger partial charge in [-0.3, -0.25) is 15.0 Å². The van der Waals surface area contributed by atoms with Gasteiger partial charge in [0.1, 0.15) is 0 Å². The van der Waals surface area contributed by atoms with Crippen LogP contribution in [0.25, 0.3) is 0 Å². The molecule has 0 fully saturated rings. The van der Waals surface area contributed by atoms with Crippen LogP contribution >= 0.6 is 0 Å². The Morgan fingerprint density at radius 3 is 2.62 bits per heavy atom. The van der Waals surface area contributed by atoms with Gasteiger partial charge in [0.05, 0.1) is 19.9 Å². The van der Waals surface area contributed by atoms with E-state index < -0.39 is 5.91 Å². The zero-order chi connectivity index (χ0) is 18.4. The van der Waals surface area contributed by atoms with Gasteiger partial charge in [0.25, 0.3) is 5.91 Å². The Morgan fingerprint density at radius 2 is 1.96 bits per heavy atom. The largest absolute Gasteiger partial charge is 0.493 e. The van der Waals surface area contributed by atoms with Crippen LogP contribution < -0.4 is 15.1 Å². The molecule has 3 aromatic rings. The minimum Gasteiger partial charge on any atom is -0.493 e. The molecule has 0 radical (unpaired) electrons. The normalized spacial score (nSPS) is 10.2. The Balaban J connectivity index is 1.95. The first-order valence-electron chi connectivity index (χ1n) is 7.79. The number of carbonyl (C=O) groups is 1. The molecule has 8 heteroatoms. The number of nitrogens with zero attached hydrogens (tertiary/aromatic N) is 4. The van der Waals surface area contributed by atoms with Crippen LogP contribution in [0.2, 0.25) is 0 Å². The Labute approximate surface area is 150 Å². The maximum absolute atomic E-state index is 11.5. The number of anilines is 2. The number of hydrogen-bond acceptors (Lipinski definition) is 7. The number of amides is 1. The monoisotopic (exact) mass is 351 g/mol. The van der Waals surface area contributed by atoms with Crippen molar-refractivity contribution in [3.63, 3.8) is 0 Å². The Hall–Kier alpha value is -3.52. The molecule has 2 heterocycles. The second-order valence-corrected chi connectivity index (χ2v) is 5.32. The van der Waals surface area contributed by atoms with Crippen LogP contribution in [0.5, 0.6) is 5.75 Å². The summed E-state index contributed by atoms with van der Waals surface area (Å²) in [5.74, 6) is 1.26. The first-order chi connectivity index (χ1) is 12.7. The van der Waals surface area contributed by atoms with Crippen LogP contribution in [-0.2, 0) is 6.54 Å². The SMILES string of the molecule is COc1cccnc1N(Cc1ccc(C(=O)NO)cc1)c1cnccn1. The van der Waals surface area contributed by atoms with Gasteiger partial charge in [0, 0.05) is 24.2 Å². The number of hydrogen-bond donors (Lipinski definition) is 2. The van der Waals surface area contributed by atoms with Crippen LogP contribution in [0.1, 0.15) is 15.9 Å². The van der Waals surface area contributed by atoms with Gasteiger partial charge in [0.2, 0.25) is 0 Å². The Morgan fingerprint density at radius 1 is 1.15 bits per heavy atom. The highest BCUT2D eigenvalue weighted by Crippen LogP contribution is 2.31. The maximum atomic E-state index is 11.5. The first-order valence-corrected chi connectivity index (χ1v) is 7.79. The summed E-state index contributed by atoms with van der Waals surface area (Å²) in [5.41, 5.74) is 2.89. The van der Waals surface area contributed by atoms with Crippen molar-refractivity contribution in [1.82, 2.24) is 20.4 Å². The van der Waals surface area contributed by atoms with Crippen molar-refractivity contribution in [3.05, 3.63) is 72.3 Å². The highest BCUT2D eigenvalue weighted by atomic mass is 16.5. The lowest BCUT2D eigenvalue weighted by atomic mass is 10.1. The minimum absolute atomic E-state index is 0.359. The molecule has 1 aromatic carbocycles. The molecule has 0 unspecified atom stereocenters. The molecule has 0 saturated heterocycles. The van der Waals surface area contributed by atoms with Gasteiger partial charge in [0.15, 0.2) is 17.4 Å². The Bertz CT molecular complexity index is 872. The number of aromatic nitrogens is 3. The van der Waals surface area contributed by atoms with Gasteiger partial charge in [-0.2, -0.15) is 0 Å². The second kappa shape index (κ2) is 8.04. The molecule has 132 valence electrons. The highest BCUT2D eigenvalue weighted by Gasteiger charge is 2.17. The molecule has 26 heavy (non-hydrogen) atoms. The molecule has 1 amide bonds. The van der Waals surface area contributed by atoms with Crippen LogP contribution in [0.15, 0.2) is 61.2 Å². The van der Waals surface area contributed by atoms with Crippen molar-refractivity contribution in [2.24, 2.45) is 0 Å². The first kappa shape index (κ1) is 17.3. The van der Waals surface area contributed by atoms with Crippen LogP contribution in [0.4, 0.5) is 11.6 Å². The molecule has 0 aliphatic carbocycles. The average Bonchev–Trinajstić information content (AvgIpc) is 2.72. The summed E-state index contributed by atoms with van der Waals surface area (Å²) < 4.78 is 5.42. The van der Waals surface area contributed by atoms with Crippen molar-refractivity contribution in [2.75, 3.05) is 12.0 Å². The predicted molar refractivity (Wildman–Crippen MR) is 94.4 cm³/mol. The predicted octanol–water partition coefficient (Wildman–Crippen LogP) is 2.34. The third-order valence-electron chi connectivity index (χ3n) is 3.71. The van der Waals surface area contributed by atoms with E-state index in [2.05, 4.69) is 15.0 Å². The molecule has 0 saturated carbocycles. The number of hydroxylamine groups is 1. The van der Waals surface area contributed by atoms with E-state index in [4.69, 9.17) is 9.94 Å². The van der Waals surface area contributed by atoms with Crippen LogP contribution in [-0.4, -0.2) is 33.2 Å². The van der Waals surface area contributed by atoms with E-state index >= 15 is 0 Å². The zero-order valence-electron chi connectivity index (χ0n) is 14.0. The van der Waals surface area contributed by atoms with Gasteiger partial charge in [-0.25, -0.2) is 15.4 Å². The number of benzene rings is 1. The molecule has 3 rings (SSSR count). The molecular weight excluding hydrogens is 334 g/mol. The third-order valence-corrected chi connectivity index (χ3v) is 3.71. The summed E-state index contributed by atoms with van der Waals surface area (Å²) in [6.45, 7) is 0.438.